The minimum absolute atomic E-state index is 0.0172. The molecule has 0 aliphatic rings. The molecule has 0 bridgehead atoms. The molecule has 0 amide bonds. The summed E-state index contributed by atoms with van der Waals surface area (Å²) in [7, 11) is -3.77. The minimum Gasteiger partial charge on any atom is -0.477 e. The van der Waals surface area contributed by atoms with Crippen molar-refractivity contribution in [1.29, 1.82) is 0 Å². The van der Waals surface area contributed by atoms with Gasteiger partial charge in [0.05, 0.1) is 10.9 Å². The third-order valence-electron chi connectivity index (χ3n) is 2.65. The van der Waals surface area contributed by atoms with Crippen molar-refractivity contribution in [3.63, 3.8) is 0 Å². The zero-order valence-corrected chi connectivity index (χ0v) is 12.2. The van der Waals surface area contributed by atoms with Gasteiger partial charge in [0, 0.05) is 17.8 Å². The zero-order valence-electron chi connectivity index (χ0n) is 10.5. The van der Waals surface area contributed by atoms with Crippen LogP contribution < -0.4 is 4.72 Å². The van der Waals surface area contributed by atoms with Gasteiger partial charge in [-0.15, -0.1) is 11.3 Å². The molecule has 0 aliphatic heterocycles. The quantitative estimate of drug-likeness (QED) is 0.749. The number of hydrogen-bond donors (Lipinski definition) is 3. The minimum atomic E-state index is -3.77. The number of carboxylic acids is 1. The Hall–Kier alpha value is -1.71. The van der Waals surface area contributed by atoms with Crippen LogP contribution in [0.5, 0.6) is 0 Å². The van der Waals surface area contributed by atoms with Gasteiger partial charge in [0.2, 0.25) is 10.0 Å². The summed E-state index contributed by atoms with van der Waals surface area (Å²) < 4.78 is 26.9. The van der Waals surface area contributed by atoms with Crippen molar-refractivity contribution >= 4 is 27.3 Å². The number of rotatable bonds is 6. The summed E-state index contributed by atoms with van der Waals surface area (Å²) in [4.78, 5) is 17.6. The molecule has 1 atom stereocenters. The van der Waals surface area contributed by atoms with Crippen molar-refractivity contribution in [2.75, 3.05) is 0 Å². The van der Waals surface area contributed by atoms with Crippen molar-refractivity contribution in [3.8, 4) is 0 Å². The molecule has 0 aromatic carbocycles. The van der Waals surface area contributed by atoms with Crippen LogP contribution >= 0.6 is 11.3 Å². The summed E-state index contributed by atoms with van der Waals surface area (Å²) in [5, 5.41) is 10.1. The number of thiophene rings is 1. The molecule has 0 spiro atoms. The molecule has 2 aromatic heterocycles. The van der Waals surface area contributed by atoms with Gasteiger partial charge in [-0.3, -0.25) is 0 Å². The van der Waals surface area contributed by atoms with E-state index in [0.29, 0.717) is 12.2 Å². The molecule has 0 saturated heterocycles. The summed E-state index contributed by atoms with van der Waals surface area (Å²) >= 11 is 0.875. The molecule has 0 aliphatic carbocycles. The number of imidazole rings is 1. The molecule has 20 heavy (non-hydrogen) atoms. The third kappa shape index (κ3) is 3.06. The van der Waals surface area contributed by atoms with Gasteiger partial charge in [0.15, 0.2) is 0 Å². The number of carbonyl (C=O) groups is 1. The van der Waals surface area contributed by atoms with Gasteiger partial charge in [0.1, 0.15) is 10.7 Å². The normalized spacial score (nSPS) is 13.2. The smallest absolute Gasteiger partial charge is 0.345 e. The van der Waals surface area contributed by atoms with E-state index >= 15 is 0 Å². The number of H-pyrrole nitrogens is 1. The van der Waals surface area contributed by atoms with Gasteiger partial charge < -0.3 is 10.1 Å². The fraction of sp³-hybridized carbons (Fsp3) is 0.273. The fourth-order valence-corrected chi connectivity index (χ4v) is 4.02. The Balaban J connectivity index is 2.23. The second kappa shape index (κ2) is 5.73. The van der Waals surface area contributed by atoms with Gasteiger partial charge in [-0.05, 0) is 12.5 Å². The summed E-state index contributed by atoms with van der Waals surface area (Å²) in [5.74, 6) is -0.626. The molecule has 2 aromatic rings. The Bertz CT molecular complexity index is 691. The van der Waals surface area contributed by atoms with Crippen LogP contribution in [0.4, 0.5) is 0 Å². The largest absolute Gasteiger partial charge is 0.477 e. The lowest BCUT2D eigenvalue weighted by Gasteiger charge is -2.14. The first kappa shape index (κ1) is 14.7. The first-order valence-corrected chi connectivity index (χ1v) is 8.13. The Morgan fingerprint density at radius 3 is 2.85 bits per heavy atom. The van der Waals surface area contributed by atoms with Crippen LogP contribution in [0.25, 0.3) is 0 Å². The molecule has 1 unspecified atom stereocenters. The van der Waals surface area contributed by atoms with Crippen molar-refractivity contribution in [3.05, 3.63) is 34.5 Å². The average molecular weight is 315 g/mol. The van der Waals surface area contributed by atoms with Gasteiger partial charge >= 0.3 is 5.97 Å². The Kier molecular flexibility index (Phi) is 4.21. The number of carboxylic acid groups (broad SMARTS) is 1. The van der Waals surface area contributed by atoms with E-state index in [1.807, 2.05) is 6.92 Å². The highest BCUT2D eigenvalue weighted by Crippen LogP contribution is 2.22. The molecule has 3 N–H and O–H groups in total. The van der Waals surface area contributed by atoms with Crippen LogP contribution in [0, 0.1) is 0 Å². The molecule has 0 saturated carbocycles. The maximum Gasteiger partial charge on any atom is 0.345 e. The monoisotopic (exact) mass is 315 g/mol. The van der Waals surface area contributed by atoms with E-state index in [1.54, 1.807) is 12.4 Å². The standard InChI is InChI=1S/C11H13N3O4S2/c1-2-8(10-12-3-4-13-10)14-20(17,18)7-5-9(11(15)16)19-6-7/h3-6,8,14H,2H2,1H3,(H,12,13)(H,15,16). The number of aromatic amines is 1. The molecule has 7 nitrogen and oxygen atoms in total. The molecule has 0 radical (unpaired) electrons. The predicted molar refractivity (Wildman–Crippen MR) is 73.2 cm³/mol. The van der Waals surface area contributed by atoms with Crippen molar-refractivity contribution in [1.82, 2.24) is 14.7 Å². The SMILES string of the molecule is CCC(NS(=O)(=O)c1csc(C(=O)O)c1)c1ncc[nH]1. The van der Waals surface area contributed by atoms with Crippen LogP contribution in [0.15, 0.2) is 28.7 Å². The van der Waals surface area contributed by atoms with E-state index < -0.39 is 22.0 Å². The maximum absolute atomic E-state index is 12.2. The molecule has 0 fully saturated rings. The maximum atomic E-state index is 12.2. The number of nitrogens with zero attached hydrogens (tertiary/aromatic N) is 1. The van der Waals surface area contributed by atoms with Gasteiger partial charge in [-0.25, -0.2) is 22.9 Å². The molecular weight excluding hydrogens is 302 g/mol. The lowest BCUT2D eigenvalue weighted by atomic mass is 10.2. The Labute approximate surface area is 119 Å². The van der Waals surface area contributed by atoms with E-state index in [-0.39, 0.29) is 9.77 Å². The average Bonchev–Trinajstić information content (AvgIpc) is 3.06. The van der Waals surface area contributed by atoms with E-state index in [1.165, 1.54) is 5.38 Å². The van der Waals surface area contributed by atoms with Crippen LogP contribution in [-0.4, -0.2) is 29.5 Å². The molecule has 2 rings (SSSR count). The second-order valence-corrected chi connectivity index (χ2v) is 6.63. The van der Waals surface area contributed by atoms with Crippen molar-refractivity contribution in [2.24, 2.45) is 0 Å². The van der Waals surface area contributed by atoms with Crippen LogP contribution in [0.1, 0.15) is 34.9 Å². The number of aromatic carboxylic acids is 1. The number of aromatic nitrogens is 2. The van der Waals surface area contributed by atoms with E-state index in [0.717, 1.165) is 17.4 Å². The topological polar surface area (TPSA) is 112 Å². The van der Waals surface area contributed by atoms with Crippen LogP contribution in [-0.2, 0) is 10.0 Å². The van der Waals surface area contributed by atoms with Crippen LogP contribution in [0.3, 0.4) is 0 Å². The van der Waals surface area contributed by atoms with Gasteiger partial charge in [-0.1, -0.05) is 6.92 Å². The Morgan fingerprint density at radius 2 is 2.35 bits per heavy atom. The summed E-state index contributed by atoms with van der Waals surface area (Å²) in [5.41, 5.74) is 0. The Morgan fingerprint density at radius 1 is 1.60 bits per heavy atom. The van der Waals surface area contributed by atoms with E-state index in [4.69, 9.17) is 5.11 Å². The predicted octanol–water partition coefficient (Wildman–Crippen LogP) is 1.60. The number of sulfonamides is 1. The first-order chi connectivity index (χ1) is 9.44. The molecule has 9 heteroatoms. The second-order valence-electron chi connectivity index (χ2n) is 4.01. The molecule has 108 valence electrons. The highest BCUT2D eigenvalue weighted by Gasteiger charge is 2.23. The molecular formula is C11H13N3O4S2. The molecule has 2 heterocycles. The summed E-state index contributed by atoms with van der Waals surface area (Å²) in [6.07, 6.45) is 3.67. The van der Waals surface area contributed by atoms with Gasteiger partial charge in [-0.2, -0.15) is 0 Å². The van der Waals surface area contributed by atoms with Gasteiger partial charge in [0.25, 0.3) is 0 Å². The lowest BCUT2D eigenvalue weighted by molar-refractivity contribution is 0.0702. The highest BCUT2D eigenvalue weighted by molar-refractivity contribution is 7.89. The summed E-state index contributed by atoms with van der Waals surface area (Å²) in [6.45, 7) is 1.83. The first-order valence-electron chi connectivity index (χ1n) is 5.77. The fourth-order valence-electron chi connectivity index (χ4n) is 1.63. The summed E-state index contributed by atoms with van der Waals surface area (Å²) in [6, 6.07) is 0.660. The number of hydrogen-bond acceptors (Lipinski definition) is 5. The van der Waals surface area contributed by atoms with E-state index in [2.05, 4.69) is 14.7 Å². The zero-order chi connectivity index (χ0) is 14.8. The highest BCUT2D eigenvalue weighted by atomic mass is 32.2. The third-order valence-corrected chi connectivity index (χ3v) is 5.17. The van der Waals surface area contributed by atoms with Crippen molar-refractivity contribution < 1.29 is 18.3 Å². The van der Waals surface area contributed by atoms with Crippen LogP contribution in [0.2, 0.25) is 0 Å². The van der Waals surface area contributed by atoms with Crippen molar-refractivity contribution in [2.45, 2.75) is 24.3 Å². The lowest BCUT2D eigenvalue weighted by Crippen LogP contribution is -2.28. The number of nitrogens with one attached hydrogen (secondary N) is 2. The van der Waals surface area contributed by atoms with E-state index in [9.17, 15) is 13.2 Å².